The first-order chi connectivity index (χ1) is 14.9. The molecule has 0 aliphatic rings. The standard InChI is InChI=1S/C25H18F3N3.ClH/c26-25(27,28)22-11-9-21(10-12-22)20-7-5-18(6-8-20)14-24-30-16-23(31-24)13-17-1-3-19(15-29)4-2-17;/h1-12,16H,13-14H2,(H,30,31);1H. The Kier molecular flexibility index (Phi) is 7.01. The van der Waals surface area contributed by atoms with Gasteiger partial charge >= 0.3 is 6.18 Å². The van der Waals surface area contributed by atoms with Crippen molar-refractivity contribution in [3.8, 4) is 17.2 Å². The lowest BCUT2D eigenvalue weighted by molar-refractivity contribution is -0.137. The number of imidazole rings is 1. The van der Waals surface area contributed by atoms with Crippen LogP contribution < -0.4 is 0 Å². The van der Waals surface area contributed by atoms with Crippen LogP contribution in [0.3, 0.4) is 0 Å². The number of rotatable bonds is 5. The minimum atomic E-state index is -4.33. The van der Waals surface area contributed by atoms with Crippen LogP contribution in [0.4, 0.5) is 13.2 Å². The summed E-state index contributed by atoms with van der Waals surface area (Å²) in [5.74, 6) is 0.839. The summed E-state index contributed by atoms with van der Waals surface area (Å²) in [5.41, 5.74) is 4.71. The highest BCUT2D eigenvalue weighted by atomic mass is 35.5. The Morgan fingerprint density at radius 2 is 1.31 bits per heavy atom. The van der Waals surface area contributed by atoms with Crippen LogP contribution in [0.15, 0.2) is 79.0 Å². The third-order valence-corrected chi connectivity index (χ3v) is 5.03. The van der Waals surface area contributed by atoms with E-state index in [-0.39, 0.29) is 12.4 Å². The van der Waals surface area contributed by atoms with Gasteiger partial charge in [-0.25, -0.2) is 4.98 Å². The number of aromatic amines is 1. The quantitative estimate of drug-likeness (QED) is 0.371. The van der Waals surface area contributed by atoms with Crippen LogP contribution >= 0.6 is 12.4 Å². The minimum Gasteiger partial charge on any atom is -0.345 e. The van der Waals surface area contributed by atoms with E-state index in [9.17, 15) is 13.2 Å². The van der Waals surface area contributed by atoms with E-state index in [0.717, 1.165) is 45.9 Å². The SMILES string of the molecule is Cl.N#Cc1ccc(Cc2cnc(Cc3ccc(-c4ccc(C(F)(F)F)cc4)cc3)[nH]2)cc1. The molecule has 0 aliphatic carbocycles. The summed E-state index contributed by atoms with van der Waals surface area (Å²) < 4.78 is 38.1. The van der Waals surface area contributed by atoms with Gasteiger partial charge in [-0.1, -0.05) is 48.5 Å². The zero-order valence-electron chi connectivity index (χ0n) is 16.9. The molecule has 7 heteroatoms. The lowest BCUT2D eigenvalue weighted by Gasteiger charge is -2.08. The first kappa shape index (κ1) is 23.1. The normalized spacial score (nSPS) is 10.9. The smallest absolute Gasteiger partial charge is 0.345 e. The van der Waals surface area contributed by atoms with Gasteiger partial charge in [0.25, 0.3) is 0 Å². The number of nitrogens with one attached hydrogen (secondary N) is 1. The molecule has 0 saturated heterocycles. The largest absolute Gasteiger partial charge is 0.416 e. The van der Waals surface area contributed by atoms with Gasteiger partial charge in [-0.05, 0) is 46.5 Å². The number of H-pyrrole nitrogens is 1. The van der Waals surface area contributed by atoms with Crippen molar-refractivity contribution in [3.05, 3.63) is 113 Å². The summed E-state index contributed by atoms with van der Waals surface area (Å²) in [7, 11) is 0. The van der Waals surface area contributed by atoms with Gasteiger partial charge in [0.2, 0.25) is 0 Å². The van der Waals surface area contributed by atoms with E-state index in [1.807, 2.05) is 42.6 Å². The van der Waals surface area contributed by atoms with E-state index < -0.39 is 11.7 Å². The second kappa shape index (κ2) is 9.71. The predicted molar refractivity (Wildman–Crippen MR) is 119 cm³/mol. The van der Waals surface area contributed by atoms with Crippen molar-refractivity contribution < 1.29 is 13.2 Å². The maximum Gasteiger partial charge on any atom is 0.416 e. The Morgan fingerprint density at radius 1 is 0.781 bits per heavy atom. The Morgan fingerprint density at radius 3 is 1.88 bits per heavy atom. The lowest BCUT2D eigenvalue weighted by atomic mass is 10.0. The van der Waals surface area contributed by atoms with Crippen LogP contribution in [0.2, 0.25) is 0 Å². The molecule has 0 bridgehead atoms. The third kappa shape index (κ3) is 5.57. The van der Waals surface area contributed by atoms with Crippen molar-refractivity contribution in [2.24, 2.45) is 0 Å². The van der Waals surface area contributed by atoms with Crippen molar-refractivity contribution in [3.63, 3.8) is 0 Å². The fourth-order valence-corrected chi connectivity index (χ4v) is 3.36. The van der Waals surface area contributed by atoms with Crippen LogP contribution in [-0.2, 0) is 19.0 Å². The average molecular weight is 454 g/mol. The summed E-state index contributed by atoms with van der Waals surface area (Å²) in [5, 5.41) is 8.88. The van der Waals surface area contributed by atoms with E-state index >= 15 is 0 Å². The van der Waals surface area contributed by atoms with Crippen molar-refractivity contribution >= 4 is 12.4 Å². The van der Waals surface area contributed by atoms with E-state index in [1.165, 1.54) is 12.1 Å². The van der Waals surface area contributed by atoms with Crippen LogP contribution in [0, 0.1) is 11.3 Å². The number of nitriles is 1. The number of hydrogen-bond donors (Lipinski definition) is 1. The highest BCUT2D eigenvalue weighted by Gasteiger charge is 2.29. The Hall–Kier alpha value is -3.56. The predicted octanol–water partition coefficient (Wildman–Crippen LogP) is 6.57. The number of nitrogens with zero attached hydrogens (tertiary/aromatic N) is 2. The molecule has 0 aliphatic heterocycles. The van der Waals surface area contributed by atoms with Crippen LogP contribution in [-0.4, -0.2) is 9.97 Å². The minimum absolute atomic E-state index is 0. The third-order valence-electron chi connectivity index (χ3n) is 5.03. The molecular formula is C25H19ClF3N3. The molecule has 0 unspecified atom stereocenters. The molecule has 0 atom stereocenters. The summed E-state index contributed by atoms with van der Waals surface area (Å²) in [6, 6.07) is 22.4. The lowest BCUT2D eigenvalue weighted by Crippen LogP contribution is -2.03. The van der Waals surface area contributed by atoms with Gasteiger partial charge in [-0.15, -0.1) is 12.4 Å². The maximum absolute atomic E-state index is 12.7. The fraction of sp³-hybridized carbons (Fsp3) is 0.120. The van der Waals surface area contributed by atoms with E-state index in [4.69, 9.17) is 5.26 Å². The molecule has 0 saturated carbocycles. The van der Waals surface area contributed by atoms with Crippen molar-refractivity contribution in [1.29, 1.82) is 5.26 Å². The number of benzene rings is 3. The molecule has 0 spiro atoms. The topological polar surface area (TPSA) is 52.5 Å². The molecule has 1 aromatic heterocycles. The van der Waals surface area contributed by atoms with Crippen LogP contribution in [0.1, 0.15) is 33.8 Å². The monoisotopic (exact) mass is 453 g/mol. The first-order valence-corrected chi connectivity index (χ1v) is 9.69. The molecule has 4 aromatic rings. The molecule has 3 nitrogen and oxygen atoms in total. The zero-order valence-corrected chi connectivity index (χ0v) is 17.7. The average Bonchev–Trinajstić information content (AvgIpc) is 3.21. The molecule has 1 heterocycles. The molecule has 4 rings (SSSR count). The molecule has 162 valence electrons. The van der Waals surface area contributed by atoms with E-state index in [2.05, 4.69) is 16.0 Å². The van der Waals surface area contributed by atoms with E-state index in [0.29, 0.717) is 18.4 Å². The fourth-order valence-electron chi connectivity index (χ4n) is 3.36. The van der Waals surface area contributed by atoms with Crippen molar-refractivity contribution in [2.75, 3.05) is 0 Å². The van der Waals surface area contributed by atoms with Crippen LogP contribution in [0.5, 0.6) is 0 Å². The second-order valence-corrected chi connectivity index (χ2v) is 7.29. The molecule has 0 amide bonds. The summed E-state index contributed by atoms with van der Waals surface area (Å²) in [6.45, 7) is 0. The second-order valence-electron chi connectivity index (χ2n) is 7.29. The maximum atomic E-state index is 12.7. The Balaban J connectivity index is 0.00000289. The molecule has 0 fully saturated rings. The summed E-state index contributed by atoms with van der Waals surface area (Å²) in [4.78, 5) is 7.76. The summed E-state index contributed by atoms with van der Waals surface area (Å²) >= 11 is 0. The van der Waals surface area contributed by atoms with Crippen molar-refractivity contribution in [2.45, 2.75) is 19.0 Å². The van der Waals surface area contributed by atoms with Crippen molar-refractivity contribution in [1.82, 2.24) is 9.97 Å². The highest BCUT2D eigenvalue weighted by molar-refractivity contribution is 5.85. The number of hydrogen-bond acceptors (Lipinski definition) is 2. The highest BCUT2D eigenvalue weighted by Crippen LogP contribution is 2.31. The zero-order chi connectivity index (χ0) is 21.8. The van der Waals surface area contributed by atoms with E-state index in [1.54, 1.807) is 12.1 Å². The first-order valence-electron chi connectivity index (χ1n) is 9.69. The van der Waals surface area contributed by atoms with Gasteiger partial charge in [0, 0.05) is 24.7 Å². The number of aromatic nitrogens is 2. The number of alkyl halides is 3. The van der Waals surface area contributed by atoms with Gasteiger partial charge in [-0.2, -0.15) is 18.4 Å². The molecule has 0 radical (unpaired) electrons. The molecular weight excluding hydrogens is 435 g/mol. The summed E-state index contributed by atoms with van der Waals surface area (Å²) in [6.07, 6.45) is -1.19. The van der Waals surface area contributed by atoms with Gasteiger partial charge in [0.05, 0.1) is 17.2 Å². The number of halogens is 4. The van der Waals surface area contributed by atoms with Gasteiger partial charge in [-0.3, -0.25) is 0 Å². The van der Waals surface area contributed by atoms with Crippen LogP contribution in [0.25, 0.3) is 11.1 Å². The molecule has 1 N–H and O–H groups in total. The van der Waals surface area contributed by atoms with Gasteiger partial charge < -0.3 is 4.98 Å². The Labute approximate surface area is 190 Å². The Bertz CT molecular complexity index is 1200. The molecule has 32 heavy (non-hydrogen) atoms. The molecule has 3 aromatic carbocycles. The van der Waals surface area contributed by atoms with Gasteiger partial charge in [0.1, 0.15) is 5.82 Å². The van der Waals surface area contributed by atoms with Gasteiger partial charge in [0.15, 0.2) is 0 Å².